The normalized spacial score (nSPS) is 10.9. The average Bonchev–Trinajstić information content (AvgIpc) is 3.45. The third-order valence-corrected chi connectivity index (χ3v) is 6.01. The minimum atomic E-state index is -0.330. The van der Waals surface area contributed by atoms with Gasteiger partial charge in [0.25, 0.3) is 0 Å². The van der Waals surface area contributed by atoms with Gasteiger partial charge in [0.15, 0.2) is 0 Å². The van der Waals surface area contributed by atoms with Crippen molar-refractivity contribution >= 4 is 39.0 Å². The van der Waals surface area contributed by atoms with Crippen LogP contribution >= 0.6 is 11.3 Å². The number of hydrogen-bond donors (Lipinski definition) is 0. The van der Waals surface area contributed by atoms with Crippen molar-refractivity contribution in [3.05, 3.63) is 89.1 Å². The SMILES string of the molecule is N#Cc1ccc(-c2nc(COC(=O)Cc3coc4ccc5ccccc5c34)cs2)cc1. The summed E-state index contributed by atoms with van der Waals surface area (Å²) in [5, 5.41) is 14.7. The average molecular weight is 424 g/mol. The van der Waals surface area contributed by atoms with Crippen molar-refractivity contribution in [1.82, 2.24) is 4.98 Å². The van der Waals surface area contributed by atoms with Crippen LogP contribution in [-0.2, 0) is 22.6 Å². The Kier molecular flexibility index (Phi) is 4.95. The first-order chi connectivity index (χ1) is 15.2. The molecule has 0 saturated heterocycles. The molecular weight excluding hydrogens is 408 g/mol. The van der Waals surface area contributed by atoms with Gasteiger partial charge in [0, 0.05) is 21.9 Å². The summed E-state index contributed by atoms with van der Waals surface area (Å²) in [7, 11) is 0. The van der Waals surface area contributed by atoms with Gasteiger partial charge in [-0.1, -0.05) is 42.5 Å². The van der Waals surface area contributed by atoms with E-state index in [1.807, 2.05) is 53.9 Å². The van der Waals surface area contributed by atoms with E-state index in [0.717, 1.165) is 37.9 Å². The van der Waals surface area contributed by atoms with Crippen molar-refractivity contribution < 1.29 is 13.9 Å². The number of rotatable bonds is 5. The van der Waals surface area contributed by atoms with Gasteiger partial charge in [-0.2, -0.15) is 5.26 Å². The maximum atomic E-state index is 12.5. The number of aromatic nitrogens is 1. The van der Waals surface area contributed by atoms with Gasteiger partial charge in [0.2, 0.25) is 0 Å². The van der Waals surface area contributed by atoms with Crippen LogP contribution in [0.2, 0.25) is 0 Å². The minimum Gasteiger partial charge on any atom is -0.464 e. The number of carbonyl (C=O) groups excluding carboxylic acids is 1. The van der Waals surface area contributed by atoms with Gasteiger partial charge in [0.1, 0.15) is 17.2 Å². The molecule has 3 aromatic carbocycles. The first kappa shape index (κ1) is 19.0. The molecule has 5 rings (SSSR count). The molecule has 2 aromatic heterocycles. The molecule has 0 bridgehead atoms. The summed E-state index contributed by atoms with van der Waals surface area (Å²) >= 11 is 1.48. The maximum Gasteiger partial charge on any atom is 0.310 e. The zero-order valence-electron chi connectivity index (χ0n) is 16.4. The number of thiazole rings is 1. The summed E-state index contributed by atoms with van der Waals surface area (Å²) in [6.45, 7) is 0.113. The predicted molar refractivity (Wildman–Crippen MR) is 119 cm³/mol. The fourth-order valence-corrected chi connectivity index (χ4v) is 4.37. The zero-order valence-corrected chi connectivity index (χ0v) is 17.2. The molecule has 0 aliphatic carbocycles. The highest BCUT2D eigenvalue weighted by Gasteiger charge is 2.15. The number of nitriles is 1. The standard InChI is InChI=1S/C25H16N2O3S/c26-12-16-5-7-18(8-6-16)25-27-20(15-31-25)14-30-23(28)11-19-13-29-22-10-9-17-3-1-2-4-21(17)24(19)22/h1-10,13,15H,11,14H2. The molecule has 5 nitrogen and oxygen atoms in total. The molecule has 2 heterocycles. The van der Waals surface area contributed by atoms with E-state index in [4.69, 9.17) is 14.4 Å². The second-order valence-corrected chi connectivity index (χ2v) is 7.95. The van der Waals surface area contributed by atoms with Gasteiger partial charge in [-0.25, -0.2) is 4.98 Å². The van der Waals surface area contributed by atoms with Crippen molar-refractivity contribution in [2.24, 2.45) is 0 Å². The van der Waals surface area contributed by atoms with Crippen molar-refractivity contribution in [2.45, 2.75) is 13.0 Å². The van der Waals surface area contributed by atoms with Crippen LogP contribution in [0.15, 0.2) is 76.7 Å². The van der Waals surface area contributed by atoms with Gasteiger partial charge in [-0.15, -0.1) is 11.3 Å². The Morgan fingerprint density at radius 2 is 1.94 bits per heavy atom. The van der Waals surface area contributed by atoms with E-state index in [1.54, 1.807) is 18.4 Å². The highest BCUT2D eigenvalue weighted by molar-refractivity contribution is 7.13. The van der Waals surface area contributed by atoms with Crippen LogP contribution in [-0.4, -0.2) is 11.0 Å². The third-order valence-electron chi connectivity index (χ3n) is 5.07. The molecule has 0 saturated carbocycles. The van der Waals surface area contributed by atoms with Crippen molar-refractivity contribution in [2.75, 3.05) is 0 Å². The van der Waals surface area contributed by atoms with Gasteiger partial charge in [-0.3, -0.25) is 4.79 Å². The number of fused-ring (bicyclic) bond motifs is 3. The molecular formula is C25H16N2O3S. The lowest BCUT2D eigenvalue weighted by atomic mass is 10.0. The Hall–Kier alpha value is -3.95. The number of furan rings is 1. The summed E-state index contributed by atoms with van der Waals surface area (Å²) < 4.78 is 11.1. The van der Waals surface area contributed by atoms with Gasteiger partial charge in [-0.05, 0) is 29.0 Å². The van der Waals surface area contributed by atoms with E-state index in [2.05, 4.69) is 11.1 Å². The smallest absolute Gasteiger partial charge is 0.310 e. The largest absolute Gasteiger partial charge is 0.464 e. The Bertz CT molecular complexity index is 1440. The van der Waals surface area contributed by atoms with Gasteiger partial charge < -0.3 is 9.15 Å². The molecule has 0 unspecified atom stereocenters. The zero-order chi connectivity index (χ0) is 21.2. The number of esters is 1. The van der Waals surface area contributed by atoms with Crippen LogP contribution in [0, 0.1) is 11.3 Å². The minimum absolute atomic E-state index is 0.113. The molecule has 0 N–H and O–H groups in total. The lowest BCUT2D eigenvalue weighted by molar-refractivity contribution is -0.144. The van der Waals surface area contributed by atoms with Crippen LogP contribution in [0.4, 0.5) is 0 Å². The fraction of sp³-hybridized carbons (Fsp3) is 0.0800. The topological polar surface area (TPSA) is 76.1 Å². The number of nitrogens with zero attached hydrogens (tertiary/aromatic N) is 2. The Labute approximate surface area is 182 Å². The summed E-state index contributed by atoms with van der Waals surface area (Å²) in [5.41, 5.74) is 3.80. The molecule has 5 aromatic rings. The lowest BCUT2D eigenvalue weighted by Gasteiger charge is -2.04. The van der Waals surface area contributed by atoms with Crippen molar-refractivity contribution in [3.63, 3.8) is 0 Å². The van der Waals surface area contributed by atoms with Crippen LogP contribution in [0.5, 0.6) is 0 Å². The predicted octanol–water partition coefficient (Wildman–Crippen LogP) is 5.87. The first-order valence-electron chi connectivity index (χ1n) is 9.69. The van der Waals surface area contributed by atoms with Gasteiger partial charge in [0.05, 0.1) is 30.0 Å². The van der Waals surface area contributed by atoms with E-state index < -0.39 is 0 Å². The molecule has 0 aliphatic rings. The van der Waals surface area contributed by atoms with Crippen molar-refractivity contribution in [3.8, 4) is 16.6 Å². The fourth-order valence-electron chi connectivity index (χ4n) is 3.56. The maximum absolute atomic E-state index is 12.5. The lowest BCUT2D eigenvalue weighted by Crippen LogP contribution is -2.08. The van der Waals surface area contributed by atoms with E-state index in [0.29, 0.717) is 11.3 Å². The monoisotopic (exact) mass is 424 g/mol. The third kappa shape index (κ3) is 3.79. The molecule has 150 valence electrons. The first-order valence-corrected chi connectivity index (χ1v) is 10.6. The van der Waals surface area contributed by atoms with Gasteiger partial charge >= 0.3 is 5.97 Å². The molecule has 0 aliphatic heterocycles. The molecule has 0 radical (unpaired) electrons. The molecule has 6 heteroatoms. The van der Waals surface area contributed by atoms with E-state index in [1.165, 1.54) is 11.3 Å². The molecule has 0 spiro atoms. The van der Waals surface area contributed by atoms with Crippen LogP contribution in [0.3, 0.4) is 0 Å². The summed E-state index contributed by atoms with van der Waals surface area (Å²) in [6.07, 6.45) is 1.76. The molecule has 0 atom stereocenters. The second-order valence-electron chi connectivity index (χ2n) is 7.09. The van der Waals surface area contributed by atoms with E-state index >= 15 is 0 Å². The van der Waals surface area contributed by atoms with E-state index in [-0.39, 0.29) is 19.0 Å². The summed E-state index contributed by atoms with van der Waals surface area (Å²) in [5.74, 6) is -0.330. The summed E-state index contributed by atoms with van der Waals surface area (Å²) in [6, 6.07) is 21.3. The number of carbonyl (C=O) groups is 1. The number of benzene rings is 3. The van der Waals surface area contributed by atoms with Crippen molar-refractivity contribution in [1.29, 1.82) is 5.26 Å². The number of hydrogen-bond acceptors (Lipinski definition) is 6. The highest BCUT2D eigenvalue weighted by Crippen LogP contribution is 2.30. The van der Waals surface area contributed by atoms with Crippen LogP contribution < -0.4 is 0 Å². The Morgan fingerprint density at radius 3 is 2.77 bits per heavy atom. The quantitative estimate of drug-likeness (QED) is 0.330. The Morgan fingerprint density at radius 1 is 1.10 bits per heavy atom. The van der Waals surface area contributed by atoms with E-state index in [9.17, 15) is 4.79 Å². The second kappa shape index (κ2) is 8.05. The van der Waals surface area contributed by atoms with Crippen LogP contribution in [0.1, 0.15) is 16.8 Å². The Balaban J connectivity index is 1.28. The number of ether oxygens (including phenoxy) is 1. The highest BCUT2D eigenvalue weighted by atomic mass is 32.1. The molecule has 31 heavy (non-hydrogen) atoms. The molecule has 0 fully saturated rings. The summed E-state index contributed by atoms with van der Waals surface area (Å²) in [4.78, 5) is 17.0. The van der Waals surface area contributed by atoms with Crippen LogP contribution in [0.25, 0.3) is 32.3 Å². The molecule has 0 amide bonds.